The Bertz CT molecular complexity index is 701. The standard InChI is InChI=1S/C18H32N4O3S2.HI/c1-15(2)6-4-5-9-20-18(19-3)21-14-16-7-8-17(26-16)27(23,24)22-10-12-25-13-11-22;/h7-8,15H,4-6,9-14H2,1-3H3,(H2,19,20,21);1H. The van der Waals surface area contributed by atoms with Gasteiger partial charge in [-0.3, -0.25) is 4.99 Å². The molecule has 2 heterocycles. The lowest BCUT2D eigenvalue weighted by atomic mass is 10.1. The molecule has 0 aromatic carbocycles. The number of hydrogen-bond donors (Lipinski definition) is 2. The highest BCUT2D eigenvalue weighted by molar-refractivity contribution is 14.0. The summed E-state index contributed by atoms with van der Waals surface area (Å²) in [6.07, 6.45) is 3.55. The fourth-order valence-corrected chi connectivity index (χ4v) is 5.64. The number of thiophene rings is 1. The Kier molecular flexibility index (Phi) is 11.9. The van der Waals surface area contributed by atoms with Crippen LogP contribution in [0.15, 0.2) is 21.3 Å². The van der Waals surface area contributed by atoms with Gasteiger partial charge in [-0.05, 0) is 24.5 Å². The Balaban J connectivity index is 0.00000392. The lowest BCUT2D eigenvalue weighted by Crippen LogP contribution is -2.40. The van der Waals surface area contributed by atoms with E-state index in [0.29, 0.717) is 37.1 Å². The van der Waals surface area contributed by atoms with E-state index in [1.54, 1.807) is 13.1 Å². The van der Waals surface area contributed by atoms with Crippen molar-refractivity contribution in [1.29, 1.82) is 0 Å². The van der Waals surface area contributed by atoms with Crippen LogP contribution in [0.25, 0.3) is 0 Å². The van der Waals surface area contributed by atoms with E-state index in [1.165, 1.54) is 28.5 Å². The Morgan fingerprint density at radius 3 is 2.61 bits per heavy atom. The van der Waals surface area contributed by atoms with Gasteiger partial charge < -0.3 is 15.4 Å². The molecule has 0 amide bonds. The van der Waals surface area contributed by atoms with Crippen LogP contribution in [0.1, 0.15) is 38.0 Å². The average Bonchev–Trinajstić information content (AvgIpc) is 3.14. The van der Waals surface area contributed by atoms with Crippen LogP contribution in [0.3, 0.4) is 0 Å². The summed E-state index contributed by atoms with van der Waals surface area (Å²) in [6.45, 7) is 7.66. The van der Waals surface area contributed by atoms with E-state index in [2.05, 4.69) is 29.5 Å². The van der Waals surface area contributed by atoms with Crippen molar-refractivity contribution >= 4 is 51.3 Å². The van der Waals surface area contributed by atoms with E-state index in [0.717, 1.165) is 29.7 Å². The van der Waals surface area contributed by atoms with Crippen molar-refractivity contribution in [3.05, 3.63) is 17.0 Å². The van der Waals surface area contributed by atoms with Gasteiger partial charge in [0.05, 0.1) is 19.8 Å². The average molecular weight is 545 g/mol. The van der Waals surface area contributed by atoms with Crippen LogP contribution in [0.2, 0.25) is 0 Å². The molecule has 0 bridgehead atoms. The molecular formula is C18H33IN4O3S2. The maximum absolute atomic E-state index is 12.7. The number of hydrogen-bond acceptors (Lipinski definition) is 5. The summed E-state index contributed by atoms with van der Waals surface area (Å²) in [5.41, 5.74) is 0. The number of unbranched alkanes of at least 4 members (excludes halogenated alkanes) is 1. The molecule has 0 radical (unpaired) electrons. The lowest BCUT2D eigenvalue weighted by Gasteiger charge is -2.25. The van der Waals surface area contributed by atoms with Crippen molar-refractivity contribution in [3.8, 4) is 0 Å². The molecule has 2 N–H and O–H groups in total. The number of halogens is 1. The normalized spacial score (nSPS) is 16.1. The molecule has 1 aromatic rings. The van der Waals surface area contributed by atoms with Crippen molar-refractivity contribution in [2.24, 2.45) is 10.9 Å². The predicted molar refractivity (Wildman–Crippen MR) is 126 cm³/mol. The molecule has 1 saturated heterocycles. The topological polar surface area (TPSA) is 83.0 Å². The van der Waals surface area contributed by atoms with E-state index in [1.807, 2.05) is 6.07 Å². The summed E-state index contributed by atoms with van der Waals surface area (Å²) in [4.78, 5) is 5.19. The minimum atomic E-state index is -3.41. The molecule has 7 nitrogen and oxygen atoms in total. The first-order valence-electron chi connectivity index (χ1n) is 9.54. The minimum absolute atomic E-state index is 0. The van der Waals surface area contributed by atoms with Gasteiger partial charge in [0.25, 0.3) is 10.0 Å². The van der Waals surface area contributed by atoms with E-state index < -0.39 is 10.0 Å². The molecule has 28 heavy (non-hydrogen) atoms. The van der Waals surface area contributed by atoms with Crippen LogP contribution in [-0.2, 0) is 21.3 Å². The zero-order chi connectivity index (χ0) is 19.7. The summed E-state index contributed by atoms with van der Waals surface area (Å²) in [7, 11) is -1.67. The lowest BCUT2D eigenvalue weighted by molar-refractivity contribution is 0.0731. The van der Waals surface area contributed by atoms with Gasteiger partial charge in [-0.15, -0.1) is 35.3 Å². The Morgan fingerprint density at radius 1 is 1.25 bits per heavy atom. The maximum Gasteiger partial charge on any atom is 0.252 e. The zero-order valence-corrected chi connectivity index (χ0v) is 20.9. The van der Waals surface area contributed by atoms with Gasteiger partial charge in [0, 0.05) is 31.6 Å². The molecule has 1 aromatic heterocycles. The number of nitrogens with one attached hydrogen (secondary N) is 2. The molecule has 0 aliphatic carbocycles. The fraction of sp³-hybridized carbons (Fsp3) is 0.722. The van der Waals surface area contributed by atoms with Crippen LogP contribution in [0.4, 0.5) is 0 Å². The highest BCUT2D eigenvalue weighted by Crippen LogP contribution is 2.25. The van der Waals surface area contributed by atoms with Crippen LogP contribution in [0.5, 0.6) is 0 Å². The smallest absolute Gasteiger partial charge is 0.252 e. The van der Waals surface area contributed by atoms with Gasteiger partial charge in [0.15, 0.2) is 5.96 Å². The third kappa shape index (κ3) is 8.13. The molecule has 0 atom stereocenters. The highest BCUT2D eigenvalue weighted by Gasteiger charge is 2.27. The second-order valence-electron chi connectivity index (χ2n) is 6.98. The van der Waals surface area contributed by atoms with E-state index >= 15 is 0 Å². The second kappa shape index (κ2) is 13.0. The molecular weight excluding hydrogens is 511 g/mol. The zero-order valence-electron chi connectivity index (χ0n) is 16.9. The van der Waals surface area contributed by atoms with Gasteiger partial charge in [0.2, 0.25) is 0 Å². The van der Waals surface area contributed by atoms with Crippen molar-refractivity contribution in [1.82, 2.24) is 14.9 Å². The van der Waals surface area contributed by atoms with Crippen LogP contribution in [0, 0.1) is 5.92 Å². The Labute approximate surface area is 190 Å². The van der Waals surface area contributed by atoms with Crippen molar-refractivity contribution in [2.45, 2.75) is 43.9 Å². The largest absolute Gasteiger partial charge is 0.379 e. The number of morpholine rings is 1. The van der Waals surface area contributed by atoms with Gasteiger partial charge in [0.1, 0.15) is 4.21 Å². The molecule has 2 rings (SSSR count). The first-order valence-corrected chi connectivity index (χ1v) is 11.8. The second-order valence-corrected chi connectivity index (χ2v) is 10.3. The van der Waals surface area contributed by atoms with Crippen molar-refractivity contribution in [2.75, 3.05) is 39.9 Å². The quantitative estimate of drug-likeness (QED) is 0.216. The van der Waals surface area contributed by atoms with E-state index in [9.17, 15) is 8.42 Å². The predicted octanol–water partition coefficient (Wildman–Crippen LogP) is 2.88. The van der Waals surface area contributed by atoms with Crippen LogP contribution in [-0.4, -0.2) is 58.6 Å². The van der Waals surface area contributed by atoms with Crippen LogP contribution < -0.4 is 10.6 Å². The molecule has 10 heteroatoms. The monoisotopic (exact) mass is 544 g/mol. The van der Waals surface area contributed by atoms with Crippen molar-refractivity contribution in [3.63, 3.8) is 0 Å². The molecule has 0 saturated carbocycles. The van der Waals surface area contributed by atoms with Gasteiger partial charge >= 0.3 is 0 Å². The summed E-state index contributed by atoms with van der Waals surface area (Å²) >= 11 is 1.31. The summed E-state index contributed by atoms with van der Waals surface area (Å²) < 4.78 is 32.5. The van der Waals surface area contributed by atoms with E-state index in [-0.39, 0.29) is 24.0 Å². The third-order valence-corrected chi connectivity index (χ3v) is 7.81. The fourth-order valence-electron chi connectivity index (χ4n) is 2.78. The first-order chi connectivity index (χ1) is 12.9. The Hall–Kier alpha value is -0.430. The van der Waals surface area contributed by atoms with Gasteiger partial charge in [-0.25, -0.2) is 8.42 Å². The first kappa shape index (κ1) is 25.6. The maximum atomic E-state index is 12.7. The molecule has 0 unspecified atom stereocenters. The number of ether oxygens (including phenoxy) is 1. The summed E-state index contributed by atoms with van der Waals surface area (Å²) in [6, 6.07) is 3.55. The van der Waals surface area contributed by atoms with Gasteiger partial charge in [-0.1, -0.05) is 26.7 Å². The number of guanidine groups is 1. The molecule has 0 spiro atoms. The molecule has 1 aliphatic heterocycles. The van der Waals surface area contributed by atoms with Crippen LogP contribution >= 0.6 is 35.3 Å². The third-order valence-electron chi connectivity index (χ3n) is 4.36. The number of rotatable bonds is 9. The number of aliphatic imine (C=N–C) groups is 1. The van der Waals surface area contributed by atoms with Crippen molar-refractivity contribution < 1.29 is 13.2 Å². The molecule has 1 fully saturated rings. The number of nitrogens with zero attached hydrogens (tertiary/aromatic N) is 2. The number of sulfonamides is 1. The Morgan fingerprint density at radius 2 is 1.96 bits per heavy atom. The highest BCUT2D eigenvalue weighted by atomic mass is 127. The molecule has 162 valence electrons. The minimum Gasteiger partial charge on any atom is -0.379 e. The molecule has 1 aliphatic rings. The van der Waals surface area contributed by atoms with E-state index in [4.69, 9.17) is 4.74 Å². The van der Waals surface area contributed by atoms with Gasteiger partial charge in [-0.2, -0.15) is 4.31 Å². The SMILES string of the molecule is CN=C(NCCCCC(C)C)NCc1ccc(S(=O)(=O)N2CCOCC2)s1.I. The summed E-state index contributed by atoms with van der Waals surface area (Å²) in [5, 5.41) is 6.56. The summed E-state index contributed by atoms with van der Waals surface area (Å²) in [5.74, 6) is 1.48.